The van der Waals surface area contributed by atoms with Gasteiger partial charge in [-0.15, -0.1) is 0 Å². The third-order valence-electron chi connectivity index (χ3n) is 6.07. The standard InChI is InChI=1S/C26H23N3O2S/c30-24(27-21-11-9-18-7-4-8-19(18)15-21)20-10-12-22-23(16-20)28-26(32)29(25(22)31)14-13-17-5-2-1-3-6-17/h1-3,5-6,9-12,15-16H,4,7-8,13-14H2,(H,27,30)(H,28,32). The number of anilines is 1. The lowest BCUT2D eigenvalue weighted by atomic mass is 10.1. The Bertz CT molecular complexity index is 1440. The van der Waals surface area contributed by atoms with Crippen LogP contribution in [0.25, 0.3) is 10.9 Å². The average molecular weight is 442 g/mol. The summed E-state index contributed by atoms with van der Waals surface area (Å²) in [6.45, 7) is 0.495. The molecule has 1 aliphatic carbocycles. The van der Waals surface area contributed by atoms with Crippen molar-refractivity contribution in [1.82, 2.24) is 9.55 Å². The predicted octanol–water partition coefficient (Wildman–Crippen LogP) is 5.04. The Balaban J connectivity index is 1.39. The van der Waals surface area contributed by atoms with E-state index in [0.29, 0.717) is 34.2 Å². The first-order valence-corrected chi connectivity index (χ1v) is 11.2. The van der Waals surface area contributed by atoms with Crippen LogP contribution in [-0.2, 0) is 25.8 Å². The van der Waals surface area contributed by atoms with Gasteiger partial charge < -0.3 is 10.3 Å². The molecule has 0 aliphatic heterocycles. The summed E-state index contributed by atoms with van der Waals surface area (Å²) in [7, 11) is 0. The van der Waals surface area contributed by atoms with Crippen LogP contribution in [0.3, 0.4) is 0 Å². The first-order chi connectivity index (χ1) is 15.6. The average Bonchev–Trinajstić information content (AvgIpc) is 3.27. The Kier molecular flexibility index (Phi) is 5.45. The van der Waals surface area contributed by atoms with E-state index >= 15 is 0 Å². The van der Waals surface area contributed by atoms with E-state index in [1.807, 2.05) is 36.4 Å². The molecule has 0 radical (unpaired) electrons. The van der Waals surface area contributed by atoms with E-state index in [0.717, 1.165) is 24.1 Å². The monoisotopic (exact) mass is 441 g/mol. The Labute approximate surface area is 190 Å². The lowest BCUT2D eigenvalue weighted by Crippen LogP contribution is -2.23. The molecule has 0 spiro atoms. The van der Waals surface area contributed by atoms with Crippen molar-refractivity contribution in [2.75, 3.05) is 5.32 Å². The van der Waals surface area contributed by atoms with Crippen molar-refractivity contribution in [1.29, 1.82) is 0 Å². The van der Waals surface area contributed by atoms with E-state index in [1.165, 1.54) is 17.5 Å². The smallest absolute Gasteiger partial charge is 0.262 e. The quantitative estimate of drug-likeness (QED) is 0.426. The molecule has 2 N–H and O–H groups in total. The Morgan fingerprint density at radius 1 is 1.00 bits per heavy atom. The van der Waals surface area contributed by atoms with Crippen LogP contribution in [0.1, 0.15) is 33.5 Å². The largest absolute Gasteiger partial charge is 0.332 e. The summed E-state index contributed by atoms with van der Waals surface area (Å²) in [5, 5.41) is 3.48. The first kappa shape index (κ1) is 20.4. The van der Waals surface area contributed by atoms with E-state index in [2.05, 4.69) is 22.4 Å². The fraction of sp³-hybridized carbons (Fsp3) is 0.192. The molecule has 32 heavy (non-hydrogen) atoms. The number of hydrogen-bond donors (Lipinski definition) is 2. The van der Waals surface area contributed by atoms with Crippen molar-refractivity contribution < 1.29 is 4.79 Å². The third-order valence-corrected chi connectivity index (χ3v) is 6.39. The van der Waals surface area contributed by atoms with Gasteiger partial charge in [-0.2, -0.15) is 0 Å². The maximum atomic E-state index is 13.0. The van der Waals surface area contributed by atoms with Crippen LogP contribution in [0.2, 0.25) is 0 Å². The topological polar surface area (TPSA) is 66.9 Å². The molecule has 0 atom stereocenters. The maximum Gasteiger partial charge on any atom is 0.262 e. The van der Waals surface area contributed by atoms with Crippen molar-refractivity contribution in [3.8, 4) is 0 Å². The van der Waals surface area contributed by atoms with Crippen molar-refractivity contribution >= 4 is 34.7 Å². The van der Waals surface area contributed by atoms with E-state index in [9.17, 15) is 9.59 Å². The molecule has 1 heterocycles. The summed E-state index contributed by atoms with van der Waals surface area (Å²) in [5.41, 5.74) is 5.51. The van der Waals surface area contributed by atoms with Gasteiger partial charge in [-0.3, -0.25) is 14.2 Å². The lowest BCUT2D eigenvalue weighted by Gasteiger charge is -2.10. The van der Waals surface area contributed by atoms with Gasteiger partial charge >= 0.3 is 0 Å². The number of nitrogens with one attached hydrogen (secondary N) is 2. The first-order valence-electron chi connectivity index (χ1n) is 10.8. The molecular weight excluding hydrogens is 418 g/mol. The SMILES string of the molecule is O=C(Nc1ccc2c(c1)CCC2)c1ccc2c(=O)n(CCc3ccccc3)c(=S)[nH]c2c1. The van der Waals surface area contributed by atoms with Gasteiger partial charge in [-0.05, 0) is 84.9 Å². The molecule has 6 heteroatoms. The number of carbonyl (C=O) groups excluding carboxylic acids is 1. The molecule has 5 nitrogen and oxygen atoms in total. The number of aromatic amines is 1. The molecule has 1 aromatic heterocycles. The van der Waals surface area contributed by atoms with E-state index in [1.54, 1.807) is 22.8 Å². The van der Waals surface area contributed by atoms with E-state index < -0.39 is 0 Å². The second kappa shape index (κ2) is 8.55. The summed E-state index contributed by atoms with van der Waals surface area (Å²) < 4.78 is 1.93. The van der Waals surface area contributed by atoms with Crippen molar-refractivity contribution in [3.63, 3.8) is 0 Å². The van der Waals surface area contributed by atoms with Crippen LogP contribution in [0.15, 0.2) is 71.5 Å². The van der Waals surface area contributed by atoms with Crippen molar-refractivity contribution in [3.05, 3.63) is 104 Å². The number of benzene rings is 3. The zero-order valence-electron chi connectivity index (χ0n) is 17.6. The summed E-state index contributed by atoms with van der Waals surface area (Å²) in [5.74, 6) is -0.211. The van der Waals surface area contributed by atoms with E-state index in [-0.39, 0.29) is 11.5 Å². The van der Waals surface area contributed by atoms with Crippen LogP contribution >= 0.6 is 12.2 Å². The minimum atomic E-state index is -0.211. The van der Waals surface area contributed by atoms with Crippen LogP contribution in [0.5, 0.6) is 0 Å². The van der Waals surface area contributed by atoms with Crippen LogP contribution in [-0.4, -0.2) is 15.5 Å². The van der Waals surface area contributed by atoms with Gasteiger partial charge in [-0.1, -0.05) is 36.4 Å². The molecule has 1 aliphatic rings. The van der Waals surface area contributed by atoms with Gasteiger partial charge in [0, 0.05) is 17.8 Å². The molecule has 0 saturated carbocycles. The van der Waals surface area contributed by atoms with Gasteiger partial charge in [0.05, 0.1) is 10.9 Å². The highest BCUT2D eigenvalue weighted by atomic mass is 32.1. The molecule has 4 aromatic rings. The predicted molar refractivity (Wildman–Crippen MR) is 130 cm³/mol. The molecule has 0 bridgehead atoms. The van der Waals surface area contributed by atoms with Gasteiger partial charge in [0.25, 0.3) is 11.5 Å². The van der Waals surface area contributed by atoms with Crippen LogP contribution in [0.4, 0.5) is 5.69 Å². The highest BCUT2D eigenvalue weighted by molar-refractivity contribution is 7.71. The summed E-state index contributed by atoms with van der Waals surface area (Å²) in [6, 6.07) is 21.2. The van der Waals surface area contributed by atoms with Crippen molar-refractivity contribution in [2.24, 2.45) is 0 Å². The zero-order chi connectivity index (χ0) is 22.1. The molecule has 0 fully saturated rings. The Morgan fingerprint density at radius 2 is 1.81 bits per heavy atom. The van der Waals surface area contributed by atoms with Crippen LogP contribution in [0, 0.1) is 4.77 Å². The summed E-state index contributed by atoms with van der Waals surface area (Å²) in [6.07, 6.45) is 4.04. The minimum absolute atomic E-state index is 0.148. The summed E-state index contributed by atoms with van der Waals surface area (Å²) in [4.78, 5) is 29.0. The number of carbonyl (C=O) groups is 1. The fourth-order valence-electron chi connectivity index (χ4n) is 4.34. The number of H-pyrrole nitrogens is 1. The molecule has 0 unspecified atom stereocenters. The number of aryl methyl sites for hydroxylation is 3. The number of rotatable bonds is 5. The highest BCUT2D eigenvalue weighted by Gasteiger charge is 2.14. The number of aromatic nitrogens is 2. The number of hydrogen-bond acceptors (Lipinski definition) is 3. The summed E-state index contributed by atoms with van der Waals surface area (Å²) >= 11 is 5.45. The maximum absolute atomic E-state index is 13.0. The molecule has 3 aromatic carbocycles. The molecular formula is C26H23N3O2S. The normalized spacial score (nSPS) is 12.6. The second-order valence-corrected chi connectivity index (χ2v) is 8.56. The Hall–Kier alpha value is -3.51. The minimum Gasteiger partial charge on any atom is -0.332 e. The third kappa shape index (κ3) is 4.01. The fourth-order valence-corrected chi connectivity index (χ4v) is 4.62. The zero-order valence-corrected chi connectivity index (χ0v) is 18.4. The van der Waals surface area contributed by atoms with Crippen molar-refractivity contribution in [2.45, 2.75) is 32.2 Å². The number of amides is 1. The molecule has 1 amide bonds. The molecule has 160 valence electrons. The van der Waals surface area contributed by atoms with Gasteiger partial charge in [-0.25, -0.2) is 0 Å². The van der Waals surface area contributed by atoms with E-state index in [4.69, 9.17) is 12.2 Å². The van der Waals surface area contributed by atoms with Gasteiger partial charge in [0.15, 0.2) is 4.77 Å². The molecule has 0 saturated heterocycles. The van der Waals surface area contributed by atoms with Crippen LogP contribution < -0.4 is 10.9 Å². The number of fused-ring (bicyclic) bond motifs is 2. The highest BCUT2D eigenvalue weighted by Crippen LogP contribution is 2.25. The van der Waals surface area contributed by atoms with Gasteiger partial charge in [0.2, 0.25) is 0 Å². The second-order valence-electron chi connectivity index (χ2n) is 8.17. The van der Waals surface area contributed by atoms with Gasteiger partial charge in [0.1, 0.15) is 0 Å². The number of nitrogens with zero attached hydrogens (tertiary/aromatic N) is 1. The Morgan fingerprint density at radius 3 is 2.66 bits per heavy atom. The molecule has 5 rings (SSSR count). The lowest BCUT2D eigenvalue weighted by molar-refractivity contribution is 0.102.